The van der Waals surface area contributed by atoms with Crippen molar-refractivity contribution in [1.82, 2.24) is 0 Å². The van der Waals surface area contributed by atoms with E-state index in [4.69, 9.17) is 13.7 Å². The summed E-state index contributed by atoms with van der Waals surface area (Å²) >= 11 is 0. The first-order valence-electron chi connectivity index (χ1n) is 8.81. The van der Waals surface area contributed by atoms with Crippen LogP contribution < -0.4 is 0 Å². The summed E-state index contributed by atoms with van der Waals surface area (Å²) in [7, 11) is 0. The topological polar surface area (TPSA) is 0 Å². The fourth-order valence-electron chi connectivity index (χ4n) is 1.11. The maximum absolute atomic E-state index is 8.18. The highest BCUT2D eigenvalue weighted by Gasteiger charge is 2.41. The highest BCUT2D eigenvalue weighted by Crippen LogP contribution is 2.36. The third-order valence-corrected chi connectivity index (χ3v) is 2.04. The molecule has 2 aliphatic rings. The van der Waals surface area contributed by atoms with Crippen LogP contribution in [0, 0.1) is 5.41 Å². The summed E-state index contributed by atoms with van der Waals surface area (Å²) < 4.78 is 78.1. The lowest BCUT2D eigenvalue weighted by atomic mass is 9.80. The Bertz CT molecular complexity index is 440. The first kappa shape index (κ1) is 2.25. The standard InChI is InChI=1S/C10H20N/c1-10(2)4-8-11(9-5-10)6-3-7-11/h3-9H2,1-2H3/q+1/i3D2,6D2,7D2,8D2,9D2. The van der Waals surface area contributed by atoms with Crippen LogP contribution in [0.4, 0.5) is 0 Å². The summed E-state index contributed by atoms with van der Waals surface area (Å²) in [6.07, 6.45) is -3.45. The molecule has 2 aliphatic heterocycles. The van der Waals surface area contributed by atoms with Crippen molar-refractivity contribution in [2.75, 3.05) is 26.0 Å². The second kappa shape index (κ2) is 2.22. The van der Waals surface area contributed by atoms with Crippen LogP contribution in [-0.2, 0) is 0 Å². The molecule has 2 saturated heterocycles. The van der Waals surface area contributed by atoms with E-state index in [1.807, 2.05) is 0 Å². The minimum Gasteiger partial charge on any atom is -0.323 e. The summed E-state index contributed by atoms with van der Waals surface area (Å²) in [5.74, 6) is 0. The third kappa shape index (κ3) is 1.31. The zero-order valence-corrected chi connectivity index (χ0v) is 6.86. The molecule has 0 unspecified atom stereocenters. The normalized spacial score (nSPS) is 69.6. The van der Waals surface area contributed by atoms with Crippen molar-refractivity contribution < 1.29 is 18.2 Å². The molecule has 1 spiro atoms. The second-order valence-corrected chi connectivity index (χ2v) is 3.85. The maximum atomic E-state index is 8.18. The summed E-state index contributed by atoms with van der Waals surface area (Å²) in [6.45, 7) is -7.83. The molecule has 2 fully saturated rings. The van der Waals surface area contributed by atoms with E-state index in [9.17, 15) is 0 Å². The number of rotatable bonds is 0. The maximum Gasteiger partial charge on any atom is 0.0927 e. The molecular formula is C10H20N+. The molecular weight excluding hydrogens is 134 g/mol. The Kier molecular flexibility index (Phi) is 0.456. The van der Waals surface area contributed by atoms with Gasteiger partial charge in [0, 0.05) is 22.0 Å². The Morgan fingerprint density at radius 1 is 1.09 bits per heavy atom. The van der Waals surface area contributed by atoms with Gasteiger partial charge in [-0.3, -0.25) is 0 Å². The molecule has 2 rings (SSSR count). The zero-order valence-electron chi connectivity index (χ0n) is 16.9. The summed E-state index contributed by atoms with van der Waals surface area (Å²) in [6, 6.07) is 0. The van der Waals surface area contributed by atoms with E-state index in [1.54, 1.807) is 13.8 Å². The Labute approximate surface area is 84.0 Å². The molecule has 11 heavy (non-hydrogen) atoms. The van der Waals surface area contributed by atoms with E-state index < -0.39 is 42.3 Å². The van der Waals surface area contributed by atoms with Crippen LogP contribution in [0.5, 0.6) is 0 Å². The third-order valence-electron chi connectivity index (χ3n) is 2.04. The van der Waals surface area contributed by atoms with Gasteiger partial charge >= 0.3 is 0 Å². The fourth-order valence-corrected chi connectivity index (χ4v) is 1.11. The molecule has 1 nitrogen and oxygen atoms in total. The van der Waals surface area contributed by atoms with Crippen molar-refractivity contribution in [3.63, 3.8) is 0 Å². The van der Waals surface area contributed by atoms with Crippen LogP contribution in [0.2, 0.25) is 0 Å². The van der Waals surface area contributed by atoms with E-state index in [2.05, 4.69) is 0 Å². The lowest BCUT2D eigenvalue weighted by molar-refractivity contribution is -0.969. The minimum absolute atomic E-state index is 0.241. The van der Waals surface area contributed by atoms with E-state index >= 15 is 0 Å². The lowest BCUT2D eigenvalue weighted by Gasteiger charge is -2.51. The lowest BCUT2D eigenvalue weighted by Crippen LogP contribution is -2.62. The quantitative estimate of drug-likeness (QED) is 0.481. The Morgan fingerprint density at radius 2 is 1.64 bits per heavy atom. The molecule has 0 N–H and O–H groups in total. The van der Waals surface area contributed by atoms with Crippen molar-refractivity contribution >= 4 is 0 Å². The molecule has 0 aliphatic carbocycles. The zero-order chi connectivity index (χ0) is 16.9. The average molecular weight is 164 g/mol. The fraction of sp³-hybridized carbons (Fsp3) is 1.00. The predicted octanol–water partition coefficient (Wildman–Crippen LogP) is 2.03. The number of quaternary nitrogens is 1. The summed E-state index contributed by atoms with van der Waals surface area (Å²) in [4.78, 5) is 0. The van der Waals surface area contributed by atoms with Gasteiger partial charge in [-0.25, -0.2) is 0 Å². The smallest absolute Gasteiger partial charge is 0.0927 e. The van der Waals surface area contributed by atoms with Gasteiger partial charge in [-0.05, 0) is 5.41 Å². The molecule has 0 radical (unpaired) electrons. The van der Waals surface area contributed by atoms with Crippen LogP contribution in [0.15, 0.2) is 0 Å². The van der Waals surface area contributed by atoms with Gasteiger partial charge in [0.05, 0.1) is 37.0 Å². The van der Waals surface area contributed by atoms with E-state index in [0.717, 1.165) is 0 Å². The average Bonchev–Trinajstić information content (AvgIpc) is 2.07. The summed E-state index contributed by atoms with van der Waals surface area (Å²) in [5, 5.41) is 0. The van der Waals surface area contributed by atoms with Crippen molar-refractivity contribution in [3.8, 4) is 0 Å². The SMILES string of the molecule is [2H]C1([2H])C([2H])([2H])[N+]2(C([2H])([2H])CC(C)(C)CC2([2H])[2H])C1([2H])[2H]. The van der Waals surface area contributed by atoms with E-state index in [0.29, 0.717) is 0 Å². The number of hydrogen-bond donors (Lipinski definition) is 0. The van der Waals surface area contributed by atoms with Crippen LogP contribution in [0.25, 0.3) is 0 Å². The van der Waals surface area contributed by atoms with E-state index in [-0.39, 0.29) is 12.8 Å². The van der Waals surface area contributed by atoms with Crippen molar-refractivity contribution in [1.29, 1.82) is 0 Å². The molecule has 0 aromatic carbocycles. The second-order valence-electron chi connectivity index (χ2n) is 3.85. The van der Waals surface area contributed by atoms with Crippen LogP contribution in [-0.4, -0.2) is 30.5 Å². The molecule has 0 bridgehead atoms. The molecule has 0 atom stereocenters. The largest absolute Gasteiger partial charge is 0.323 e. The Hall–Kier alpha value is -0.0400. The van der Waals surface area contributed by atoms with Gasteiger partial charge in [0.2, 0.25) is 0 Å². The van der Waals surface area contributed by atoms with Crippen LogP contribution >= 0.6 is 0 Å². The van der Waals surface area contributed by atoms with Gasteiger partial charge < -0.3 is 4.48 Å². The molecule has 0 amide bonds. The molecule has 64 valence electrons. The molecule has 0 saturated carbocycles. The van der Waals surface area contributed by atoms with Crippen molar-refractivity contribution in [3.05, 3.63) is 0 Å². The summed E-state index contributed by atoms with van der Waals surface area (Å²) in [5.41, 5.74) is -0.773. The highest BCUT2D eigenvalue weighted by atomic mass is 15.4. The van der Waals surface area contributed by atoms with Crippen molar-refractivity contribution in [2.24, 2.45) is 5.41 Å². The molecule has 2 heterocycles. The number of piperidine rings is 1. The molecule has 0 aromatic rings. The monoisotopic (exact) mass is 164 g/mol. The van der Waals surface area contributed by atoms with Gasteiger partial charge in [0.25, 0.3) is 0 Å². The molecule has 0 aromatic heterocycles. The van der Waals surface area contributed by atoms with Gasteiger partial charge in [-0.1, -0.05) is 13.8 Å². The highest BCUT2D eigenvalue weighted by molar-refractivity contribution is 4.74. The van der Waals surface area contributed by atoms with E-state index in [1.165, 1.54) is 0 Å². The molecule has 1 heteroatoms. The van der Waals surface area contributed by atoms with Crippen LogP contribution in [0.3, 0.4) is 0 Å². The van der Waals surface area contributed by atoms with Crippen molar-refractivity contribution in [2.45, 2.75) is 33.1 Å². The minimum atomic E-state index is -3.00. The first-order valence-corrected chi connectivity index (χ1v) is 3.81. The predicted molar refractivity (Wildman–Crippen MR) is 47.4 cm³/mol. The van der Waals surface area contributed by atoms with Gasteiger partial charge in [-0.15, -0.1) is 0 Å². The van der Waals surface area contributed by atoms with Gasteiger partial charge in [0.1, 0.15) is 0 Å². The Morgan fingerprint density at radius 3 is 2.18 bits per heavy atom. The number of nitrogens with zero attached hydrogens (tertiary/aromatic N) is 1. The van der Waals surface area contributed by atoms with Gasteiger partial charge in [0.15, 0.2) is 0 Å². The number of hydrogen-bond acceptors (Lipinski definition) is 0. The first-order chi connectivity index (χ1) is 8.91. The van der Waals surface area contributed by atoms with Gasteiger partial charge in [-0.2, -0.15) is 0 Å². The Balaban J connectivity index is 2.76. The van der Waals surface area contributed by atoms with Crippen LogP contribution in [0.1, 0.15) is 46.8 Å².